The summed E-state index contributed by atoms with van der Waals surface area (Å²) in [7, 11) is 0. The SMILES string of the molecule is CCc1noc(CN(CC(N)=O)CC(C)C)n1. The molecule has 0 aromatic carbocycles. The van der Waals surface area contributed by atoms with E-state index in [4.69, 9.17) is 10.3 Å². The molecule has 6 nitrogen and oxygen atoms in total. The number of carbonyl (C=O) groups is 1. The minimum absolute atomic E-state index is 0.210. The molecule has 1 heterocycles. The largest absolute Gasteiger partial charge is 0.369 e. The molecule has 0 saturated heterocycles. The third kappa shape index (κ3) is 4.95. The number of hydrogen-bond acceptors (Lipinski definition) is 5. The molecule has 0 bridgehead atoms. The molecule has 0 aliphatic carbocycles. The Balaban J connectivity index is 2.60. The summed E-state index contributed by atoms with van der Waals surface area (Å²) < 4.78 is 5.09. The van der Waals surface area contributed by atoms with Gasteiger partial charge in [-0.2, -0.15) is 4.98 Å². The van der Waals surface area contributed by atoms with Gasteiger partial charge in [0.1, 0.15) is 0 Å². The van der Waals surface area contributed by atoms with Gasteiger partial charge in [-0.05, 0) is 5.92 Å². The van der Waals surface area contributed by atoms with Crippen molar-refractivity contribution in [2.45, 2.75) is 33.7 Å². The second-order valence-corrected chi connectivity index (χ2v) is 4.49. The van der Waals surface area contributed by atoms with Crippen LogP contribution in [-0.2, 0) is 17.8 Å². The van der Waals surface area contributed by atoms with Crippen LogP contribution in [-0.4, -0.2) is 34.0 Å². The zero-order chi connectivity index (χ0) is 12.8. The van der Waals surface area contributed by atoms with Gasteiger partial charge in [0.15, 0.2) is 5.82 Å². The average Bonchev–Trinajstić information content (AvgIpc) is 2.63. The first kappa shape index (κ1) is 13.6. The van der Waals surface area contributed by atoms with Crippen LogP contribution in [0.3, 0.4) is 0 Å². The summed E-state index contributed by atoms with van der Waals surface area (Å²) in [5.41, 5.74) is 5.21. The third-order valence-electron chi connectivity index (χ3n) is 2.19. The van der Waals surface area contributed by atoms with Gasteiger partial charge >= 0.3 is 0 Å². The maximum absolute atomic E-state index is 11.0. The molecule has 0 aliphatic heterocycles. The summed E-state index contributed by atoms with van der Waals surface area (Å²) in [6, 6.07) is 0. The van der Waals surface area contributed by atoms with Crippen molar-refractivity contribution in [2.24, 2.45) is 11.7 Å². The highest BCUT2D eigenvalue weighted by Crippen LogP contribution is 2.06. The lowest BCUT2D eigenvalue weighted by Crippen LogP contribution is -2.35. The summed E-state index contributed by atoms with van der Waals surface area (Å²) >= 11 is 0. The number of aromatic nitrogens is 2. The number of nitrogens with zero attached hydrogens (tertiary/aromatic N) is 3. The van der Waals surface area contributed by atoms with E-state index in [0.29, 0.717) is 24.2 Å². The van der Waals surface area contributed by atoms with Gasteiger partial charge in [-0.15, -0.1) is 0 Å². The van der Waals surface area contributed by atoms with Crippen molar-refractivity contribution < 1.29 is 9.32 Å². The van der Waals surface area contributed by atoms with Gasteiger partial charge in [-0.1, -0.05) is 25.9 Å². The van der Waals surface area contributed by atoms with Crippen LogP contribution in [0.2, 0.25) is 0 Å². The molecule has 0 atom stereocenters. The topological polar surface area (TPSA) is 85.3 Å². The maximum Gasteiger partial charge on any atom is 0.240 e. The van der Waals surface area contributed by atoms with E-state index in [0.717, 1.165) is 13.0 Å². The monoisotopic (exact) mass is 240 g/mol. The first-order chi connectivity index (χ1) is 8.01. The molecule has 1 rings (SSSR count). The highest BCUT2D eigenvalue weighted by molar-refractivity contribution is 5.75. The van der Waals surface area contributed by atoms with E-state index >= 15 is 0 Å². The van der Waals surface area contributed by atoms with Crippen molar-refractivity contribution >= 4 is 5.91 Å². The molecule has 0 fully saturated rings. The van der Waals surface area contributed by atoms with Gasteiger partial charge in [0.25, 0.3) is 0 Å². The molecule has 1 amide bonds. The Morgan fingerprint density at radius 1 is 1.53 bits per heavy atom. The Bertz CT molecular complexity index is 362. The van der Waals surface area contributed by atoms with Crippen LogP contribution in [0.25, 0.3) is 0 Å². The van der Waals surface area contributed by atoms with E-state index in [2.05, 4.69) is 24.0 Å². The average molecular weight is 240 g/mol. The third-order valence-corrected chi connectivity index (χ3v) is 2.19. The predicted octanol–water partition coefficient (Wildman–Crippen LogP) is 0.575. The van der Waals surface area contributed by atoms with E-state index in [1.807, 2.05) is 11.8 Å². The molecule has 0 unspecified atom stereocenters. The molecule has 17 heavy (non-hydrogen) atoms. The zero-order valence-electron chi connectivity index (χ0n) is 10.6. The van der Waals surface area contributed by atoms with Crippen molar-refractivity contribution in [3.05, 3.63) is 11.7 Å². The molecule has 96 valence electrons. The number of carbonyl (C=O) groups excluding carboxylic acids is 1. The molecule has 1 aromatic heterocycles. The van der Waals surface area contributed by atoms with Gasteiger partial charge < -0.3 is 10.3 Å². The minimum atomic E-state index is -0.346. The van der Waals surface area contributed by atoms with E-state index in [1.165, 1.54) is 0 Å². The molecule has 0 aliphatic rings. The fourth-order valence-electron chi connectivity index (χ4n) is 1.61. The minimum Gasteiger partial charge on any atom is -0.369 e. The van der Waals surface area contributed by atoms with Crippen LogP contribution in [0.5, 0.6) is 0 Å². The highest BCUT2D eigenvalue weighted by atomic mass is 16.5. The van der Waals surface area contributed by atoms with Crippen LogP contribution in [0.4, 0.5) is 0 Å². The fraction of sp³-hybridized carbons (Fsp3) is 0.727. The highest BCUT2D eigenvalue weighted by Gasteiger charge is 2.14. The van der Waals surface area contributed by atoms with Crippen LogP contribution in [0, 0.1) is 5.92 Å². The number of nitrogens with two attached hydrogens (primary N) is 1. The van der Waals surface area contributed by atoms with Gasteiger partial charge in [0.2, 0.25) is 11.8 Å². The molecule has 1 aromatic rings. The van der Waals surface area contributed by atoms with Gasteiger partial charge in [0.05, 0.1) is 13.1 Å². The number of hydrogen-bond donors (Lipinski definition) is 1. The van der Waals surface area contributed by atoms with Crippen LogP contribution in [0.1, 0.15) is 32.5 Å². The number of rotatable bonds is 7. The second-order valence-electron chi connectivity index (χ2n) is 4.49. The Hall–Kier alpha value is -1.43. The van der Waals surface area contributed by atoms with Crippen molar-refractivity contribution in [2.75, 3.05) is 13.1 Å². The Labute approximate surface area is 101 Å². The zero-order valence-corrected chi connectivity index (χ0v) is 10.6. The maximum atomic E-state index is 11.0. The van der Waals surface area contributed by atoms with Gasteiger partial charge in [-0.25, -0.2) is 0 Å². The number of amides is 1. The first-order valence-corrected chi connectivity index (χ1v) is 5.83. The van der Waals surface area contributed by atoms with E-state index in [-0.39, 0.29) is 12.5 Å². The number of primary amides is 1. The fourth-order valence-corrected chi connectivity index (χ4v) is 1.61. The lowest BCUT2D eigenvalue weighted by Gasteiger charge is -2.20. The summed E-state index contributed by atoms with van der Waals surface area (Å²) in [6.45, 7) is 7.57. The summed E-state index contributed by atoms with van der Waals surface area (Å²) in [6.07, 6.45) is 0.740. The van der Waals surface area contributed by atoms with Crippen molar-refractivity contribution in [1.29, 1.82) is 0 Å². The Morgan fingerprint density at radius 3 is 2.71 bits per heavy atom. The van der Waals surface area contributed by atoms with Gasteiger partial charge in [0, 0.05) is 13.0 Å². The van der Waals surface area contributed by atoms with Crippen LogP contribution >= 0.6 is 0 Å². The molecular weight excluding hydrogens is 220 g/mol. The number of aryl methyl sites for hydroxylation is 1. The second kappa shape index (κ2) is 6.34. The first-order valence-electron chi connectivity index (χ1n) is 5.83. The van der Waals surface area contributed by atoms with Gasteiger partial charge in [-0.3, -0.25) is 9.69 Å². The smallest absolute Gasteiger partial charge is 0.240 e. The molecule has 0 spiro atoms. The van der Waals surface area contributed by atoms with Crippen LogP contribution in [0.15, 0.2) is 4.52 Å². The summed E-state index contributed by atoms with van der Waals surface area (Å²) in [5, 5.41) is 3.82. The molecule has 2 N–H and O–H groups in total. The van der Waals surface area contributed by atoms with Crippen molar-refractivity contribution in [1.82, 2.24) is 15.0 Å². The lowest BCUT2D eigenvalue weighted by molar-refractivity contribution is -0.119. The lowest BCUT2D eigenvalue weighted by atomic mass is 10.2. The molecular formula is C11H20N4O2. The Morgan fingerprint density at radius 2 is 2.24 bits per heavy atom. The van der Waals surface area contributed by atoms with Crippen molar-refractivity contribution in [3.63, 3.8) is 0 Å². The summed E-state index contributed by atoms with van der Waals surface area (Å²) in [5.74, 6) is 1.32. The van der Waals surface area contributed by atoms with E-state index in [1.54, 1.807) is 0 Å². The molecule has 6 heteroatoms. The van der Waals surface area contributed by atoms with Crippen molar-refractivity contribution in [3.8, 4) is 0 Å². The molecule has 0 radical (unpaired) electrons. The van der Waals surface area contributed by atoms with E-state index < -0.39 is 0 Å². The Kier molecular flexibility index (Phi) is 5.09. The normalized spacial score (nSPS) is 11.4. The van der Waals surface area contributed by atoms with E-state index in [9.17, 15) is 4.79 Å². The molecule has 0 saturated carbocycles. The summed E-state index contributed by atoms with van der Waals surface area (Å²) in [4.78, 5) is 17.1. The predicted molar refractivity (Wildman–Crippen MR) is 63.0 cm³/mol. The quantitative estimate of drug-likeness (QED) is 0.753. The van der Waals surface area contributed by atoms with Crippen LogP contribution < -0.4 is 5.73 Å². The standard InChI is InChI=1S/C11H20N4O2/c1-4-10-13-11(17-14-10)7-15(5-8(2)3)6-9(12)16/h8H,4-7H2,1-3H3,(H2,12,16).